The molecule has 0 aromatic heterocycles. The van der Waals surface area contributed by atoms with E-state index in [9.17, 15) is 4.79 Å². The fourth-order valence-corrected chi connectivity index (χ4v) is 2.71. The minimum Gasteiger partial charge on any atom is -0.493 e. The van der Waals surface area contributed by atoms with Crippen molar-refractivity contribution in [3.05, 3.63) is 46.5 Å². The van der Waals surface area contributed by atoms with E-state index in [1.54, 1.807) is 30.3 Å². The summed E-state index contributed by atoms with van der Waals surface area (Å²) in [5.74, 6) is 1.76. The zero-order chi connectivity index (χ0) is 19.2. The summed E-state index contributed by atoms with van der Waals surface area (Å²) < 4.78 is 21.4. The van der Waals surface area contributed by atoms with Crippen molar-refractivity contribution in [2.75, 3.05) is 20.5 Å². The molecule has 8 heteroatoms. The van der Waals surface area contributed by atoms with E-state index in [1.807, 2.05) is 6.92 Å². The highest BCUT2D eigenvalue weighted by molar-refractivity contribution is 6.32. The van der Waals surface area contributed by atoms with E-state index in [1.165, 1.54) is 13.3 Å². The van der Waals surface area contributed by atoms with E-state index >= 15 is 0 Å². The first-order chi connectivity index (χ1) is 13.1. The zero-order valence-electron chi connectivity index (χ0n) is 15.0. The molecule has 0 spiro atoms. The van der Waals surface area contributed by atoms with Crippen molar-refractivity contribution in [1.29, 1.82) is 0 Å². The predicted molar refractivity (Wildman–Crippen MR) is 101 cm³/mol. The molecule has 1 amide bonds. The van der Waals surface area contributed by atoms with Gasteiger partial charge < -0.3 is 18.9 Å². The molecule has 1 heterocycles. The Morgan fingerprint density at radius 1 is 1.30 bits per heavy atom. The van der Waals surface area contributed by atoms with Gasteiger partial charge in [0.15, 0.2) is 23.0 Å². The summed E-state index contributed by atoms with van der Waals surface area (Å²) in [4.78, 5) is 12.3. The van der Waals surface area contributed by atoms with Gasteiger partial charge in [0.2, 0.25) is 6.79 Å². The van der Waals surface area contributed by atoms with E-state index in [0.717, 1.165) is 6.42 Å². The Hall–Kier alpha value is -2.93. The molecule has 2 aromatic carbocycles. The molecule has 2 aromatic rings. The van der Waals surface area contributed by atoms with Crippen molar-refractivity contribution in [3.8, 4) is 23.0 Å². The van der Waals surface area contributed by atoms with Crippen molar-refractivity contribution in [1.82, 2.24) is 5.43 Å². The predicted octanol–water partition coefficient (Wildman–Crippen LogP) is 3.63. The molecule has 27 heavy (non-hydrogen) atoms. The standard InChI is InChI=1S/C19H19ClN2O5/c1-3-6-25-15-5-4-13(9-16(15)24-2)19(23)22-21-10-12-7-14(20)18-17(8-12)26-11-27-18/h4-5,7-10H,3,6,11H2,1-2H3,(H,22,23)/b21-10-. The number of methoxy groups -OCH3 is 1. The molecule has 0 aliphatic carbocycles. The van der Waals surface area contributed by atoms with Crippen molar-refractivity contribution in [2.45, 2.75) is 13.3 Å². The third kappa shape index (κ3) is 4.43. The van der Waals surface area contributed by atoms with Crippen LogP contribution in [0.5, 0.6) is 23.0 Å². The molecule has 0 unspecified atom stereocenters. The van der Waals surface area contributed by atoms with Crippen LogP contribution in [0.1, 0.15) is 29.3 Å². The van der Waals surface area contributed by atoms with E-state index in [4.69, 9.17) is 30.5 Å². The Labute approximate surface area is 161 Å². The minimum atomic E-state index is -0.376. The molecule has 1 aliphatic rings. The Bertz CT molecular complexity index is 869. The maximum Gasteiger partial charge on any atom is 0.271 e. The summed E-state index contributed by atoms with van der Waals surface area (Å²) >= 11 is 6.12. The largest absolute Gasteiger partial charge is 0.493 e. The van der Waals surface area contributed by atoms with Crippen LogP contribution in [0.15, 0.2) is 35.4 Å². The van der Waals surface area contributed by atoms with Crippen LogP contribution in [0.4, 0.5) is 0 Å². The number of nitrogens with one attached hydrogen (secondary N) is 1. The Balaban J connectivity index is 1.67. The molecular weight excluding hydrogens is 372 g/mol. The average Bonchev–Trinajstić information content (AvgIpc) is 3.15. The van der Waals surface area contributed by atoms with E-state index in [0.29, 0.717) is 45.8 Å². The van der Waals surface area contributed by atoms with Gasteiger partial charge in [0.1, 0.15) is 0 Å². The van der Waals surface area contributed by atoms with Crippen LogP contribution in [0.2, 0.25) is 5.02 Å². The van der Waals surface area contributed by atoms with E-state index < -0.39 is 0 Å². The van der Waals surface area contributed by atoms with Crippen LogP contribution in [0, 0.1) is 0 Å². The number of halogens is 1. The number of ether oxygens (including phenoxy) is 4. The zero-order valence-corrected chi connectivity index (χ0v) is 15.7. The van der Waals surface area contributed by atoms with Gasteiger partial charge in [-0.1, -0.05) is 18.5 Å². The van der Waals surface area contributed by atoms with Gasteiger partial charge in [-0.2, -0.15) is 5.10 Å². The molecule has 0 saturated carbocycles. The molecular formula is C19H19ClN2O5. The molecule has 142 valence electrons. The molecule has 7 nitrogen and oxygen atoms in total. The molecule has 1 aliphatic heterocycles. The second-order valence-electron chi connectivity index (χ2n) is 5.65. The lowest BCUT2D eigenvalue weighted by Gasteiger charge is -2.11. The molecule has 0 bridgehead atoms. The van der Waals surface area contributed by atoms with Gasteiger partial charge in [-0.3, -0.25) is 4.79 Å². The summed E-state index contributed by atoms with van der Waals surface area (Å²) in [6.45, 7) is 2.72. The van der Waals surface area contributed by atoms with Gasteiger partial charge in [0.25, 0.3) is 5.91 Å². The second-order valence-corrected chi connectivity index (χ2v) is 6.06. The molecule has 0 saturated heterocycles. The van der Waals surface area contributed by atoms with Gasteiger partial charge in [-0.05, 0) is 42.3 Å². The summed E-state index contributed by atoms with van der Waals surface area (Å²) in [5.41, 5.74) is 3.54. The highest BCUT2D eigenvalue weighted by atomic mass is 35.5. The number of carbonyl (C=O) groups excluding carboxylic acids is 1. The average molecular weight is 391 g/mol. The first-order valence-corrected chi connectivity index (χ1v) is 8.73. The number of rotatable bonds is 7. The normalized spacial score (nSPS) is 12.3. The highest BCUT2D eigenvalue weighted by Crippen LogP contribution is 2.39. The lowest BCUT2D eigenvalue weighted by atomic mass is 10.2. The van der Waals surface area contributed by atoms with Gasteiger partial charge in [-0.15, -0.1) is 0 Å². The highest BCUT2D eigenvalue weighted by Gasteiger charge is 2.17. The number of hydrogen-bond donors (Lipinski definition) is 1. The fourth-order valence-electron chi connectivity index (χ4n) is 2.43. The maximum absolute atomic E-state index is 12.3. The van der Waals surface area contributed by atoms with Crippen molar-refractivity contribution in [3.63, 3.8) is 0 Å². The second kappa shape index (κ2) is 8.64. The van der Waals surface area contributed by atoms with Crippen LogP contribution >= 0.6 is 11.6 Å². The van der Waals surface area contributed by atoms with Gasteiger partial charge in [-0.25, -0.2) is 5.43 Å². The topological polar surface area (TPSA) is 78.4 Å². The van der Waals surface area contributed by atoms with Crippen LogP contribution in [-0.2, 0) is 0 Å². The summed E-state index contributed by atoms with van der Waals surface area (Å²) in [6.07, 6.45) is 2.35. The molecule has 3 rings (SSSR count). The Kier molecular flexibility index (Phi) is 6.03. The first kappa shape index (κ1) is 18.8. The summed E-state index contributed by atoms with van der Waals surface area (Å²) in [6, 6.07) is 8.36. The lowest BCUT2D eigenvalue weighted by Crippen LogP contribution is -2.17. The van der Waals surface area contributed by atoms with Crippen LogP contribution in [0.25, 0.3) is 0 Å². The van der Waals surface area contributed by atoms with Gasteiger partial charge in [0.05, 0.1) is 25.0 Å². The Morgan fingerprint density at radius 3 is 2.93 bits per heavy atom. The number of hydrazone groups is 1. The number of fused-ring (bicyclic) bond motifs is 1. The van der Waals surface area contributed by atoms with Gasteiger partial charge in [0, 0.05) is 5.56 Å². The number of carbonyl (C=O) groups is 1. The smallest absolute Gasteiger partial charge is 0.271 e. The number of hydrogen-bond acceptors (Lipinski definition) is 6. The monoisotopic (exact) mass is 390 g/mol. The van der Waals surface area contributed by atoms with Crippen molar-refractivity contribution < 1.29 is 23.7 Å². The van der Waals surface area contributed by atoms with Crippen molar-refractivity contribution in [2.24, 2.45) is 5.10 Å². The quantitative estimate of drug-likeness (QED) is 0.577. The molecule has 1 N–H and O–H groups in total. The van der Waals surface area contributed by atoms with Crippen LogP contribution in [0.3, 0.4) is 0 Å². The van der Waals surface area contributed by atoms with E-state index in [2.05, 4.69) is 10.5 Å². The maximum atomic E-state index is 12.3. The minimum absolute atomic E-state index is 0.131. The summed E-state index contributed by atoms with van der Waals surface area (Å²) in [7, 11) is 1.53. The fraction of sp³-hybridized carbons (Fsp3) is 0.263. The molecule has 0 atom stereocenters. The molecule has 0 fully saturated rings. The lowest BCUT2D eigenvalue weighted by molar-refractivity contribution is 0.0954. The number of benzene rings is 2. The SMILES string of the molecule is CCCOc1ccc(C(=O)N/N=C\c2cc(Cl)c3c(c2)OCO3)cc1OC. The third-order valence-electron chi connectivity index (χ3n) is 3.72. The third-order valence-corrected chi connectivity index (χ3v) is 4.00. The Morgan fingerprint density at radius 2 is 2.15 bits per heavy atom. The van der Waals surface area contributed by atoms with Crippen LogP contribution < -0.4 is 24.4 Å². The molecule has 0 radical (unpaired) electrons. The number of nitrogens with zero attached hydrogens (tertiary/aromatic N) is 1. The number of amides is 1. The van der Waals surface area contributed by atoms with Gasteiger partial charge >= 0.3 is 0 Å². The first-order valence-electron chi connectivity index (χ1n) is 8.35. The van der Waals surface area contributed by atoms with E-state index in [-0.39, 0.29) is 12.7 Å². The van der Waals surface area contributed by atoms with Crippen molar-refractivity contribution >= 4 is 23.7 Å². The summed E-state index contributed by atoms with van der Waals surface area (Å²) in [5, 5.41) is 4.38. The van der Waals surface area contributed by atoms with Crippen LogP contribution in [-0.4, -0.2) is 32.6 Å².